The number of nitrogens with one attached hydrogen (secondary N) is 1. The maximum Gasteiger partial charge on any atom is 0.260 e. The molecule has 0 saturated heterocycles. The molecular formula is C15H11ClFN3O. The van der Waals surface area contributed by atoms with Gasteiger partial charge in [-0.1, -0.05) is 28.9 Å². The van der Waals surface area contributed by atoms with Crippen LogP contribution in [0.3, 0.4) is 0 Å². The maximum absolute atomic E-state index is 13.1. The highest BCUT2D eigenvalue weighted by Crippen LogP contribution is 2.30. The van der Waals surface area contributed by atoms with Crippen molar-refractivity contribution in [1.29, 1.82) is 0 Å². The third-order valence-electron chi connectivity index (χ3n) is 3.02. The molecule has 0 atom stereocenters. The first-order chi connectivity index (χ1) is 10.2. The largest absolute Gasteiger partial charge is 0.387 e. The molecule has 1 N–H and O–H groups in total. The van der Waals surface area contributed by atoms with Crippen molar-refractivity contribution in [2.24, 2.45) is 0 Å². The van der Waals surface area contributed by atoms with Crippen molar-refractivity contribution < 1.29 is 8.91 Å². The Balaban J connectivity index is 2.04. The minimum Gasteiger partial charge on any atom is -0.387 e. The molecule has 0 fully saturated rings. The number of para-hydroxylation sites is 1. The summed E-state index contributed by atoms with van der Waals surface area (Å²) in [5, 5.41) is 7.21. The first kappa shape index (κ1) is 13.6. The highest BCUT2D eigenvalue weighted by molar-refractivity contribution is 6.33. The van der Waals surface area contributed by atoms with Gasteiger partial charge in [-0.2, -0.15) is 4.98 Å². The quantitative estimate of drug-likeness (QED) is 0.786. The Morgan fingerprint density at radius 2 is 1.95 bits per heavy atom. The molecule has 0 radical (unpaired) electrons. The number of benzene rings is 2. The van der Waals surface area contributed by atoms with Crippen LogP contribution in [0.15, 0.2) is 47.0 Å². The van der Waals surface area contributed by atoms with Gasteiger partial charge < -0.3 is 9.84 Å². The first-order valence-electron chi connectivity index (χ1n) is 6.25. The van der Waals surface area contributed by atoms with Crippen molar-refractivity contribution in [1.82, 2.24) is 10.1 Å². The van der Waals surface area contributed by atoms with Crippen LogP contribution in [-0.2, 0) is 0 Å². The normalized spacial score (nSPS) is 10.6. The Morgan fingerprint density at radius 3 is 2.71 bits per heavy atom. The molecule has 3 aromatic rings. The molecular weight excluding hydrogens is 293 g/mol. The van der Waals surface area contributed by atoms with Crippen LogP contribution < -0.4 is 5.32 Å². The van der Waals surface area contributed by atoms with E-state index in [-0.39, 0.29) is 5.02 Å². The molecule has 0 unspecified atom stereocenters. The van der Waals surface area contributed by atoms with Crippen molar-refractivity contribution in [3.63, 3.8) is 0 Å². The topological polar surface area (TPSA) is 51.0 Å². The Bertz CT molecular complexity index is 788. The van der Waals surface area contributed by atoms with Crippen LogP contribution in [0.2, 0.25) is 5.02 Å². The van der Waals surface area contributed by atoms with Crippen LogP contribution in [0.1, 0.15) is 0 Å². The highest BCUT2D eigenvalue weighted by Gasteiger charge is 2.15. The average molecular weight is 304 g/mol. The van der Waals surface area contributed by atoms with Gasteiger partial charge in [-0.25, -0.2) is 4.39 Å². The highest BCUT2D eigenvalue weighted by atomic mass is 35.5. The number of aromatic nitrogens is 2. The second kappa shape index (κ2) is 5.54. The minimum absolute atomic E-state index is 0.240. The van der Waals surface area contributed by atoms with E-state index in [0.717, 1.165) is 11.3 Å². The van der Waals surface area contributed by atoms with E-state index in [1.807, 2.05) is 31.3 Å². The van der Waals surface area contributed by atoms with E-state index < -0.39 is 5.82 Å². The van der Waals surface area contributed by atoms with E-state index in [4.69, 9.17) is 16.1 Å². The van der Waals surface area contributed by atoms with Gasteiger partial charge in [-0.15, -0.1) is 0 Å². The zero-order valence-electron chi connectivity index (χ0n) is 11.1. The van der Waals surface area contributed by atoms with E-state index in [2.05, 4.69) is 15.5 Å². The summed E-state index contributed by atoms with van der Waals surface area (Å²) in [6, 6.07) is 11.6. The number of rotatable bonds is 3. The molecule has 0 saturated carbocycles. The Labute approximate surface area is 125 Å². The summed E-state index contributed by atoms with van der Waals surface area (Å²) < 4.78 is 18.4. The fourth-order valence-corrected chi connectivity index (χ4v) is 2.25. The Morgan fingerprint density at radius 1 is 1.14 bits per heavy atom. The smallest absolute Gasteiger partial charge is 0.260 e. The monoisotopic (exact) mass is 303 g/mol. The van der Waals surface area contributed by atoms with Crippen molar-refractivity contribution in [2.75, 3.05) is 12.4 Å². The molecule has 0 bridgehead atoms. The molecule has 0 aliphatic heterocycles. The molecule has 106 valence electrons. The fourth-order valence-electron chi connectivity index (χ4n) is 2.00. The summed E-state index contributed by atoms with van der Waals surface area (Å²) in [5.74, 6) is 0.282. The van der Waals surface area contributed by atoms with E-state index in [0.29, 0.717) is 17.3 Å². The van der Waals surface area contributed by atoms with Crippen molar-refractivity contribution in [3.05, 3.63) is 53.3 Å². The fraction of sp³-hybridized carbons (Fsp3) is 0.0667. The van der Waals surface area contributed by atoms with E-state index >= 15 is 0 Å². The maximum atomic E-state index is 13.1. The molecule has 0 aliphatic carbocycles. The SMILES string of the molecule is CNc1ccccc1-c1nc(-c2ccc(F)cc2Cl)no1. The summed E-state index contributed by atoms with van der Waals surface area (Å²) >= 11 is 6.00. The van der Waals surface area contributed by atoms with Gasteiger partial charge in [-0.05, 0) is 30.3 Å². The molecule has 3 rings (SSSR count). The molecule has 2 aromatic carbocycles. The van der Waals surface area contributed by atoms with Crippen molar-refractivity contribution >= 4 is 17.3 Å². The summed E-state index contributed by atoms with van der Waals surface area (Å²) in [7, 11) is 1.81. The predicted octanol–water partition coefficient (Wildman–Crippen LogP) is 4.24. The number of hydrogen-bond donors (Lipinski definition) is 1. The lowest BCUT2D eigenvalue weighted by atomic mass is 10.1. The van der Waals surface area contributed by atoms with Crippen molar-refractivity contribution in [2.45, 2.75) is 0 Å². The van der Waals surface area contributed by atoms with Crippen LogP contribution in [0.25, 0.3) is 22.8 Å². The number of hydrogen-bond acceptors (Lipinski definition) is 4. The molecule has 4 nitrogen and oxygen atoms in total. The standard InChI is InChI=1S/C15H11ClFN3O/c1-18-13-5-3-2-4-11(13)15-19-14(20-21-15)10-7-6-9(17)8-12(10)16/h2-8,18H,1H3. The van der Waals surface area contributed by atoms with E-state index in [9.17, 15) is 4.39 Å². The Kier molecular flexibility index (Phi) is 3.58. The first-order valence-corrected chi connectivity index (χ1v) is 6.63. The lowest BCUT2D eigenvalue weighted by Gasteiger charge is -2.03. The predicted molar refractivity (Wildman–Crippen MR) is 79.7 cm³/mol. The third kappa shape index (κ3) is 2.60. The molecule has 0 spiro atoms. The number of halogens is 2. The van der Waals surface area contributed by atoms with Gasteiger partial charge in [0.25, 0.3) is 5.89 Å². The summed E-state index contributed by atoms with van der Waals surface area (Å²) in [6.45, 7) is 0. The van der Waals surface area contributed by atoms with Crippen LogP contribution in [0.5, 0.6) is 0 Å². The third-order valence-corrected chi connectivity index (χ3v) is 3.34. The van der Waals surface area contributed by atoms with Gasteiger partial charge in [-0.3, -0.25) is 0 Å². The number of nitrogens with zero attached hydrogens (tertiary/aromatic N) is 2. The lowest BCUT2D eigenvalue weighted by Crippen LogP contribution is -1.91. The van der Waals surface area contributed by atoms with Crippen LogP contribution in [0, 0.1) is 5.82 Å². The van der Waals surface area contributed by atoms with E-state index in [1.165, 1.54) is 18.2 Å². The summed E-state index contributed by atoms with van der Waals surface area (Å²) in [6.07, 6.45) is 0. The average Bonchev–Trinajstić information content (AvgIpc) is 2.96. The Hall–Kier alpha value is -2.40. The molecule has 6 heteroatoms. The molecule has 21 heavy (non-hydrogen) atoms. The number of anilines is 1. The summed E-state index contributed by atoms with van der Waals surface area (Å²) in [4.78, 5) is 4.33. The second-order valence-corrected chi connectivity index (χ2v) is 4.75. The van der Waals surface area contributed by atoms with Crippen LogP contribution in [0.4, 0.5) is 10.1 Å². The van der Waals surface area contributed by atoms with E-state index in [1.54, 1.807) is 0 Å². The molecule has 0 amide bonds. The zero-order chi connectivity index (χ0) is 14.8. The van der Waals surface area contributed by atoms with Gasteiger partial charge in [0.2, 0.25) is 5.82 Å². The molecule has 0 aliphatic rings. The van der Waals surface area contributed by atoms with Crippen LogP contribution >= 0.6 is 11.6 Å². The van der Waals surface area contributed by atoms with Gasteiger partial charge in [0, 0.05) is 18.3 Å². The molecule has 1 heterocycles. The zero-order valence-corrected chi connectivity index (χ0v) is 11.9. The summed E-state index contributed by atoms with van der Waals surface area (Å²) in [5.41, 5.74) is 2.19. The van der Waals surface area contributed by atoms with Gasteiger partial charge in [0.05, 0.1) is 10.6 Å². The minimum atomic E-state index is -0.409. The second-order valence-electron chi connectivity index (χ2n) is 4.34. The van der Waals surface area contributed by atoms with Gasteiger partial charge in [0.1, 0.15) is 5.82 Å². The molecule has 1 aromatic heterocycles. The van der Waals surface area contributed by atoms with Gasteiger partial charge in [0.15, 0.2) is 0 Å². The van der Waals surface area contributed by atoms with Crippen molar-refractivity contribution in [3.8, 4) is 22.8 Å². The lowest BCUT2D eigenvalue weighted by molar-refractivity contribution is 0.432. The van der Waals surface area contributed by atoms with Gasteiger partial charge >= 0.3 is 0 Å². The van der Waals surface area contributed by atoms with Crippen LogP contribution in [-0.4, -0.2) is 17.2 Å².